The zero-order valence-electron chi connectivity index (χ0n) is 12.8. The van der Waals surface area contributed by atoms with Crippen LogP contribution >= 0.6 is 0 Å². The molecule has 0 radical (unpaired) electrons. The Balaban J connectivity index is 0. The Labute approximate surface area is 112 Å². The molecule has 4 nitrogen and oxygen atoms in total. The molecule has 0 aliphatic carbocycles. The highest BCUT2D eigenvalue weighted by Crippen LogP contribution is 2.09. The molecule has 0 saturated carbocycles. The number of nitrogens with one attached hydrogen (secondary N) is 1. The van der Waals surface area contributed by atoms with E-state index in [2.05, 4.69) is 5.32 Å². The lowest BCUT2D eigenvalue weighted by Crippen LogP contribution is -2.44. The second kappa shape index (κ2) is 9.36. The summed E-state index contributed by atoms with van der Waals surface area (Å²) in [7, 11) is -3.11. The van der Waals surface area contributed by atoms with Crippen molar-refractivity contribution in [2.24, 2.45) is 5.92 Å². The molecule has 110 valence electrons. The Hall–Kier alpha value is -0.580. The topological polar surface area (TPSA) is 63.2 Å². The zero-order chi connectivity index (χ0) is 14.9. The van der Waals surface area contributed by atoms with Gasteiger partial charge in [-0.3, -0.25) is 4.79 Å². The van der Waals surface area contributed by atoms with E-state index in [0.717, 1.165) is 0 Å². The number of sulfone groups is 1. The minimum atomic E-state index is -3.11. The maximum atomic E-state index is 11.8. The van der Waals surface area contributed by atoms with Crippen molar-refractivity contribution in [3.8, 4) is 0 Å². The van der Waals surface area contributed by atoms with Gasteiger partial charge in [-0.05, 0) is 19.8 Å². The first kappa shape index (κ1) is 19.8. The highest BCUT2D eigenvalue weighted by atomic mass is 32.2. The smallest absolute Gasteiger partial charge is 0.219 e. The van der Waals surface area contributed by atoms with E-state index in [1.54, 1.807) is 20.8 Å². The first-order valence-corrected chi connectivity index (χ1v) is 8.43. The fraction of sp³-hybridized carbons (Fsp3) is 0.923. The van der Waals surface area contributed by atoms with Gasteiger partial charge >= 0.3 is 0 Å². The molecule has 5 heteroatoms. The summed E-state index contributed by atoms with van der Waals surface area (Å²) in [5.41, 5.74) is 0. The maximum Gasteiger partial charge on any atom is 0.219 e. The van der Waals surface area contributed by atoms with Crippen LogP contribution in [0.25, 0.3) is 0 Å². The SMILES string of the molecule is CC.CCC(=O)NC(CS(=O)(=O)C(C)C)C(C)C. The second-order valence-corrected chi connectivity index (χ2v) is 7.25. The summed E-state index contributed by atoms with van der Waals surface area (Å²) in [5, 5.41) is 2.36. The Bertz CT molecular complexity index is 321. The minimum Gasteiger partial charge on any atom is -0.352 e. The molecule has 0 spiro atoms. The average Bonchev–Trinajstić information content (AvgIpc) is 2.29. The molecule has 0 aromatic carbocycles. The van der Waals surface area contributed by atoms with E-state index in [-0.39, 0.29) is 23.6 Å². The number of carbonyl (C=O) groups excluding carboxylic acids is 1. The zero-order valence-corrected chi connectivity index (χ0v) is 13.6. The summed E-state index contributed by atoms with van der Waals surface area (Å²) in [6.45, 7) is 12.9. The van der Waals surface area contributed by atoms with Crippen molar-refractivity contribution in [3.05, 3.63) is 0 Å². The molecule has 18 heavy (non-hydrogen) atoms. The van der Waals surface area contributed by atoms with Crippen LogP contribution in [0.2, 0.25) is 0 Å². The van der Waals surface area contributed by atoms with Crippen molar-refractivity contribution in [1.82, 2.24) is 5.32 Å². The third kappa shape index (κ3) is 7.69. The fourth-order valence-corrected chi connectivity index (χ4v) is 2.51. The van der Waals surface area contributed by atoms with Crippen molar-refractivity contribution in [2.75, 3.05) is 5.75 Å². The second-order valence-electron chi connectivity index (χ2n) is 4.65. The Morgan fingerprint density at radius 1 is 1.11 bits per heavy atom. The normalized spacial score (nSPS) is 12.9. The predicted molar refractivity (Wildman–Crippen MR) is 77.3 cm³/mol. The molecule has 0 fully saturated rings. The predicted octanol–water partition coefficient (Wildman–Crippen LogP) is 2.39. The van der Waals surface area contributed by atoms with Crippen LogP contribution in [0.15, 0.2) is 0 Å². The molecule has 0 aromatic rings. The minimum absolute atomic E-state index is 0.0219. The highest BCUT2D eigenvalue weighted by Gasteiger charge is 2.25. The van der Waals surface area contributed by atoms with Gasteiger partial charge in [0.2, 0.25) is 5.91 Å². The average molecular weight is 279 g/mol. The van der Waals surface area contributed by atoms with Crippen molar-refractivity contribution < 1.29 is 13.2 Å². The molecule has 0 heterocycles. The van der Waals surface area contributed by atoms with Gasteiger partial charge in [-0.2, -0.15) is 0 Å². The van der Waals surface area contributed by atoms with E-state index in [1.165, 1.54) is 0 Å². The number of rotatable bonds is 6. The van der Waals surface area contributed by atoms with Gasteiger partial charge in [0.1, 0.15) is 0 Å². The van der Waals surface area contributed by atoms with Crippen molar-refractivity contribution >= 4 is 15.7 Å². The van der Waals surface area contributed by atoms with Crippen LogP contribution < -0.4 is 5.32 Å². The van der Waals surface area contributed by atoms with E-state index in [1.807, 2.05) is 27.7 Å². The van der Waals surface area contributed by atoms with E-state index < -0.39 is 15.1 Å². The lowest BCUT2D eigenvalue weighted by Gasteiger charge is -2.23. The van der Waals surface area contributed by atoms with Crippen LogP contribution in [0.4, 0.5) is 0 Å². The molecule has 0 aliphatic heterocycles. The monoisotopic (exact) mass is 279 g/mol. The third-order valence-electron chi connectivity index (χ3n) is 2.60. The third-order valence-corrected chi connectivity index (χ3v) is 4.86. The molecular weight excluding hydrogens is 250 g/mol. The van der Waals surface area contributed by atoms with E-state index in [0.29, 0.717) is 6.42 Å². The first-order valence-electron chi connectivity index (χ1n) is 6.71. The summed E-state index contributed by atoms with van der Waals surface area (Å²) in [6.07, 6.45) is 0.380. The summed E-state index contributed by atoms with van der Waals surface area (Å²) in [5.74, 6) is 0.0373. The quantitative estimate of drug-likeness (QED) is 0.812. The van der Waals surface area contributed by atoms with E-state index in [9.17, 15) is 13.2 Å². The van der Waals surface area contributed by atoms with Crippen LogP contribution in [0.3, 0.4) is 0 Å². The summed E-state index contributed by atoms with van der Waals surface area (Å²) < 4.78 is 23.5. The molecule has 1 N–H and O–H groups in total. The molecular formula is C13H29NO3S. The van der Waals surface area contributed by atoms with Gasteiger partial charge in [-0.25, -0.2) is 8.42 Å². The first-order chi connectivity index (χ1) is 8.20. The van der Waals surface area contributed by atoms with E-state index >= 15 is 0 Å². The molecule has 1 amide bonds. The number of amides is 1. The van der Waals surface area contributed by atoms with Gasteiger partial charge in [0.15, 0.2) is 9.84 Å². The number of hydrogen-bond donors (Lipinski definition) is 1. The fourth-order valence-electron chi connectivity index (χ4n) is 1.15. The largest absolute Gasteiger partial charge is 0.352 e. The standard InChI is InChI=1S/C11H23NO3S.C2H6/c1-6-11(13)12-10(8(2)3)7-16(14,15)9(4)5;1-2/h8-10H,6-7H2,1-5H3,(H,12,13);1-2H3. The van der Waals surface area contributed by atoms with Crippen LogP contribution in [0.1, 0.15) is 54.9 Å². The van der Waals surface area contributed by atoms with Gasteiger partial charge < -0.3 is 5.32 Å². The van der Waals surface area contributed by atoms with Crippen LogP contribution in [-0.4, -0.2) is 31.4 Å². The van der Waals surface area contributed by atoms with Gasteiger partial charge in [-0.1, -0.05) is 34.6 Å². The maximum absolute atomic E-state index is 11.8. The van der Waals surface area contributed by atoms with Crippen LogP contribution in [0, 0.1) is 5.92 Å². The molecule has 1 atom stereocenters. The lowest BCUT2D eigenvalue weighted by molar-refractivity contribution is -0.121. The highest BCUT2D eigenvalue weighted by molar-refractivity contribution is 7.92. The Kier molecular flexibility index (Phi) is 10.3. The molecule has 0 rings (SSSR count). The van der Waals surface area contributed by atoms with Gasteiger partial charge in [0.05, 0.1) is 11.0 Å². The van der Waals surface area contributed by atoms with Crippen molar-refractivity contribution in [1.29, 1.82) is 0 Å². The lowest BCUT2D eigenvalue weighted by atomic mass is 10.1. The van der Waals surface area contributed by atoms with Crippen molar-refractivity contribution in [3.63, 3.8) is 0 Å². The molecule has 1 unspecified atom stereocenters. The summed E-state index contributed by atoms with van der Waals surface area (Å²) >= 11 is 0. The van der Waals surface area contributed by atoms with Gasteiger partial charge in [-0.15, -0.1) is 0 Å². The molecule has 0 bridgehead atoms. The molecule has 0 aromatic heterocycles. The number of carbonyl (C=O) groups is 1. The van der Waals surface area contributed by atoms with E-state index in [4.69, 9.17) is 0 Å². The van der Waals surface area contributed by atoms with Crippen molar-refractivity contribution in [2.45, 2.75) is 66.2 Å². The molecule has 0 aliphatic rings. The molecule has 0 saturated heterocycles. The Morgan fingerprint density at radius 3 is 1.83 bits per heavy atom. The summed E-state index contributed by atoms with van der Waals surface area (Å²) in [4.78, 5) is 11.3. The number of hydrogen-bond acceptors (Lipinski definition) is 3. The van der Waals surface area contributed by atoms with Crippen LogP contribution in [0.5, 0.6) is 0 Å². The van der Waals surface area contributed by atoms with Crippen LogP contribution in [-0.2, 0) is 14.6 Å². The Morgan fingerprint density at radius 2 is 1.56 bits per heavy atom. The van der Waals surface area contributed by atoms with Gasteiger partial charge in [0, 0.05) is 12.5 Å². The summed E-state index contributed by atoms with van der Waals surface area (Å²) in [6, 6.07) is -0.292. The van der Waals surface area contributed by atoms with Gasteiger partial charge in [0.25, 0.3) is 0 Å².